The number of aromatic nitrogens is 4. The Morgan fingerprint density at radius 2 is 1.84 bits per heavy atom. The molecule has 2 N–H and O–H groups in total. The van der Waals surface area contributed by atoms with Crippen LogP contribution in [0.4, 0.5) is 5.69 Å². The van der Waals surface area contributed by atoms with Gasteiger partial charge in [-0.05, 0) is 73.8 Å². The van der Waals surface area contributed by atoms with Crippen LogP contribution in [0.25, 0.3) is 27.7 Å². The van der Waals surface area contributed by atoms with E-state index in [1.54, 1.807) is 6.20 Å². The second-order valence-electron chi connectivity index (χ2n) is 8.61. The molecule has 1 aliphatic rings. The summed E-state index contributed by atoms with van der Waals surface area (Å²) >= 11 is 0. The SMILES string of the molecule is C=C(Nc1cncc(C)c1)c1n[nH]c2ccc(-c3cncc(CN4CCCCC4)c3)cc12. The summed E-state index contributed by atoms with van der Waals surface area (Å²) in [5.74, 6) is 0. The molecule has 6 heteroatoms. The Morgan fingerprint density at radius 1 is 1.00 bits per heavy atom. The third kappa shape index (κ3) is 4.41. The standard InChI is InChI=1S/C26H28N6/c1-18-10-23(16-27-13-18)29-19(2)26-24-12-21(6-7-25(24)30-31-26)22-11-20(14-28-15-22)17-32-8-4-3-5-9-32/h6-7,10-16,29H,2-5,8-9,17H2,1H3,(H,30,31). The van der Waals surface area contributed by atoms with Crippen molar-refractivity contribution >= 4 is 22.3 Å². The molecule has 0 bridgehead atoms. The Labute approximate surface area is 188 Å². The van der Waals surface area contributed by atoms with E-state index in [1.165, 1.54) is 37.9 Å². The van der Waals surface area contributed by atoms with Gasteiger partial charge in [-0.2, -0.15) is 5.10 Å². The summed E-state index contributed by atoms with van der Waals surface area (Å²) in [7, 11) is 0. The Bertz CT molecular complexity index is 1250. The average molecular weight is 425 g/mol. The lowest BCUT2D eigenvalue weighted by molar-refractivity contribution is 0.220. The van der Waals surface area contributed by atoms with Crippen LogP contribution in [0, 0.1) is 6.92 Å². The van der Waals surface area contributed by atoms with E-state index in [0.717, 1.165) is 51.2 Å². The number of nitrogens with one attached hydrogen (secondary N) is 2. The highest BCUT2D eigenvalue weighted by molar-refractivity contribution is 5.95. The number of rotatable bonds is 6. The van der Waals surface area contributed by atoms with Gasteiger partial charge in [0.15, 0.2) is 0 Å². The quantitative estimate of drug-likeness (QED) is 0.434. The number of nitrogens with zero attached hydrogens (tertiary/aromatic N) is 4. The fourth-order valence-electron chi connectivity index (χ4n) is 4.39. The molecule has 1 aromatic carbocycles. The first-order valence-corrected chi connectivity index (χ1v) is 11.2. The number of aromatic amines is 1. The Balaban J connectivity index is 1.41. The molecule has 0 atom stereocenters. The summed E-state index contributed by atoms with van der Waals surface area (Å²) in [4.78, 5) is 11.3. The van der Waals surface area contributed by atoms with Crippen LogP contribution in [0.15, 0.2) is 61.7 Å². The van der Waals surface area contributed by atoms with Crippen LogP contribution in [0.3, 0.4) is 0 Å². The Hall–Kier alpha value is -3.51. The largest absolute Gasteiger partial charge is 0.353 e. The molecule has 4 heterocycles. The first-order chi connectivity index (χ1) is 15.7. The highest BCUT2D eigenvalue weighted by atomic mass is 15.1. The van der Waals surface area contributed by atoms with Crippen LogP contribution >= 0.6 is 0 Å². The van der Waals surface area contributed by atoms with Crippen molar-refractivity contribution in [2.75, 3.05) is 18.4 Å². The van der Waals surface area contributed by atoms with E-state index in [-0.39, 0.29) is 0 Å². The minimum atomic E-state index is 0.734. The predicted molar refractivity (Wildman–Crippen MR) is 130 cm³/mol. The smallest absolute Gasteiger partial charge is 0.116 e. The van der Waals surface area contributed by atoms with E-state index in [0.29, 0.717) is 0 Å². The van der Waals surface area contributed by atoms with Crippen LogP contribution in [0.2, 0.25) is 0 Å². The highest BCUT2D eigenvalue weighted by Gasteiger charge is 2.13. The van der Waals surface area contributed by atoms with Crippen molar-refractivity contribution in [2.24, 2.45) is 0 Å². The number of pyridine rings is 2. The topological polar surface area (TPSA) is 69.7 Å². The predicted octanol–water partition coefficient (Wildman–Crippen LogP) is 5.40. The highest BCUT2D eigenvalue weighted by Crippen LogP contribution is 2.29. The van der Waals surface area contributed by atoms with E-state index in [1.807, 2.05) is 31.6 Å². The molecule has 1 aliphatic heterocycles. The second-order valence-corrected chi connectivity index (χ2v) is 8.61. The van der Waals surface area contributed by atoms with Crippen LogP contribution in [-0.4, -0.2) is 38.2 Å². The molecule has 32 heavy (non-hydrogen) atoms. The number of H-pyrrole nitrogens is 1. The van der Waals surface area contributed by atoms with Crippen LogP contribution < -0.4 is 5.32 Å². The van der Waals surface area contributed by atoms with Gasteiger partial charge in [-0.3, -0.25) is 20.0 Å². The zero-order valence-electron chi connectivity index (χ0n) is 18.4. The lowest BCUT2D eigenvalue weighted by Crippen LogP contribution is -2.29. The molecule has 5 rings (SSSR count). The van der Waals surface area contributed by atoms with Gasteiger partial charge in [0, 0.05) is 36.1 Å². The van der Waals surface area contributed by atoms with Crippen LogP contribution in [0.5, 0.6) is 0 Å². The van der Waals surface area contributed by atoms with E-state index >= 15 is 0 Å². The van der Waals surface area contributed by atoms with E-state index < -0.39 is 0 Å². The van der Waals surface area contributed by atoms with Gasteiger partial charge in [0.05, 0.1) is 23.1 Å². The molecule has 0 aliphatic carbocycles. The molecule has 0 amide bonds. The molecule has 1 saturated heterocycles. The van der Waals surface area contributed by atoms with Gasteiger partial charge < -0.3 is 5.32 Å². The minimum Gasteiger partial charge on any atom is -0.353 e. The minimum absolute atomic E-state index is 0.734. The van der Waals surface area contributed by atoms with E-state index in [2.05, 4.69) is 61.2 Å². The second kappa shape index (κ2) is 8.93. The Kier molecular flexibility index (Phi) is 5.69. The molecule has 0 radical (unpaired) electrons. The first kappa shape index (κ1) is 20.4. The van der Waals surface area contributed by atoms with Gasteiger partial charge in [-0.1, -0.05) is 19.1 Å². The van der Waals surface area contributed by atoms with Gasteiger partial charge >= 0.3 is 0 Å². The zero-order chi connectivity index (χ0) is 21.9. The normalized spacial score (nSPS) is 14.5. The summed E-state index contributed by atoms with van der Waals surface area (Å²) < 4.78 is 0. The molecule has 162 valence electrons. The van der Waals surface area contributed by atoms with Crippen LogP contribution in [-0.2, 0) is 6.54 Å². The lowest BCUT2D eigenvalue weighted by Gasteiger charge is -2.26. The average Bonchev–Trinajstić information content (AvgIpc) is 3.23. The lowest BCUT2D eigenvalue weighted by atomic mass is 10.0. The molecule has 0 saturated carbocycles. The third-order valence-corrected chi connectivity index (χ3v) is 6.00. The maximum Gasteiger partial charge on any atom is 0.116 e. The Morgan fingerprint density at radius 3 is 2.69 bits per heavy atom. The van der Waals surface area contributed by atoms with Crippen molar-refractivity contribution in [3.05, 3.63) is 78.5 Å². The number of hydrogen-bond acceptors (Lipinski definition) is 5. The maximum absolute atomic E-state index is 4.53. The fraction of sp³-hybridized carbons (Fsp3) is 0.269. The number of benzene rings is 1. The molecular formula is C26H28N6. The number of fused-ring (bicyclic) bond motifs is 1. The van der Waals surface area contributed by atoms with Gasteiger partial charge in [-0.25, -0.2) is 0 Å². The summed E-state index contributed by atoms with van der Waals surface area (Å²) in [6.45, 7) is 9.56. The summed E-state index contributed by atoms with van der Waals surface area (Å²) in [6.07, 6.45) is 11.5. The van der Waals surface area contributed by atoms with Gasteiger partial charge in [0.25, 0.3) is 0 Å². The maximum atomic E-state index is 4.53. The molecule has 6 nitrogen and oxygen atoms in total. The van der Waals surface area contributed by atoms with Gasteiger partial charge in [0.1, 0.15) is 5.69 Å². The first-order valence-electron chi connectivity index (χ1n) is 11.2. The number of aryl methyl sites for hydroxylation is 1. The van der Waals surface area contributed by atoms with Crippen molar-refractivity contribution in [2.45, 2.75) is 32.7 Å². The third-order valence-electron chi connectivity index (χ3n) is 6.00. The summed E-state index contributed by atoms with van der Waals surface area (Å²) in [6, 6.07) is 10.6. The van der Waals surface area contributed by atoms with Crippen LogP contribution in [0.1, 0.15) is 36.1 Å². The fourth-order valence-corrected chi connectivity index (χ4v) is 4.39. The monoisotopic (exact) mass is 424 g/mol. The van der Waals surface area contributed by atoms with Crippen molar-refractivity contribution in [1.29, 1.82) is 0 Å². The number of piperidine rings is 1. The molecular weight excluding hydrogens is 396 g/mol. The summed E-state index contributed by atoms with van der Waals surface area (Å²) in [5, 5.41) is 12.0. The van der Waals surface area contributed by atoms with Crippen molar-refractivity contribution in [3.8, 4) is 11.1 Å². The molecule has 0 spiro atoms. The van der Waals surface area contributed by atoms with Crippen molar-refractivity contribution in [1.82, 2.24) is 25.1 Å². The van der Waals surface area contributed by atoms with Crippen molar-refractivity contribution in [3.63, 3.8) is 0 Å². The van der Waals surface area contributed by atoms with E-state index in [4.69, 9.17) is 0 Å². The van der Waals surface area contributed by atoms with Gasteiger partial charge in [0.2, 0.25) is 0 Å². The summed E-state index contributed by atoms with van der Waals surface area (Å²) in [5.41, 5.74) is 8.01. The number of likely N-dealkylation sites (tertiary alicyclic amines) is 1. The molecule has 0 unspecified atom stereocenters. The number of anilines is 1. The van der Waals surface area contributed by atoms with Gasteiger partial charge in [-0.15, -0.1) is 0 Å². The molecule has 1 fully saturated rings. The number of hydrogen-bond donors (Lipinski definition) is 2. The molecule has 4 aromatic rings. The molecule has 3 aromatic heterocycles. The van der Waals surface area contributed by atoms with Crippen molar-refractivity contribution < 1.29 is 0 Å². The van der Waals surface area contributed by atoms with E-state index in [9.17, 15) is 0 Å². The zero-order valence-corrected chi connectivity index (χ0v) is 18.4.